The third-order valence-corrected chi connectivity index (χ3v) is 3.28. The molecule has 0 atom stereocenters. The van der Waals surface area contributed by atoms with E-state index in [1.807, 2.05) is 10.9 Å². The minimum Gasteiger partial charge on any atom is -0.306 e. The second-order valence-electron chi connectivity index (χ2n) is 5.73. The lowest BCUT2D eigenvalue weighted by atomic mass is 10.1. The molecule has 2 aromatic rings. The molecule has 0 amide bonds. The van der Waals surface area contributed by atoms with Gasteiger partial charge < -0.3 is 5.32 Å². The molecule has 1 aromatic heterocycles. The molecule has 2 rings (SSSR count). The maximum absolute atomic E-state index is 4.57. The van der Waals surface area contributed by atoms with Crippen molar-refractivity contribution in [3.8, 4) is 0 Å². The van der Waals surface area contributed by atoms with Crippen LogP contribution >= 0.6 is 15.9 Å². The van der Waals surface area contributed by atoms with Crippen LogP contribution in [0, 0.1) is 0 Å². The minimum absolute atomic E-state index is 0.121. The third-order valence-electron chi connectivity index (χ3n) is 2.75. The van der Waals surface area contributed by atoms with Crippen molar-refractivity contribution in [3.63, 3.8) is 0 Å². The lowest BCUT2D eigenvalue weighted by Gasteiger charge is -2.19. The Labute approximate surface area is 123 Å². The fourth-order valence-electron chi connectivity index (χ4n) is 1.72. The summed E-state index contributed by atoms with van der Waals surface area (Å²) in [6.45, 7) is 8.09. The summed E-state index contributed by atoms with van der Waals surface area (Å²) in [6, 6.07) is 10.4. The first kappa shape index (κ1) is 14.3. The molecule has 0 unspecified atom stereocenters. The highest BCUT2D eigenvalue weighted by atomic mass is 79.9. The van der Waals surface area contributed by atoms with Crippen molar-refractivity contribution >= 4 is 15.9 Å². The monoisotopic (exact) mass is 321 g/mol. The van der Waals surface area contributed by atoms with E-state index in [1.165, 1.54) is 5.56 Å². The molecular formula is C15H20BrN3. The summed E-state index contributed by atoms with van der Waals surface area (Å²) >= 11 is 3.44. The second kappa shape index (κ2) is 5.88. The maximum Gasteiger partial charge on any atom is 0.0762 e. The molecule has 1 heterocycles. The SMILES string of the molecule is CC(C)(C)NCc1ccn(Cc2ccc(Br)cc2)n1. The quantitative estimate of drug-likeness (QED) is 0.932. The van der Waals surface area contributed by atoms with E-state index in [4.69, 9.17) is 0 Å². The van der Waals surface area contributed by atoms with Crippen LogP contribution in [0.2, 0.25) is 0 Å². The molecule has 0 aliphatic carbocycles. The summed E-state index contributed by atoms with van der Waals surface area (Å²) in [5, 5.41) is 8.01. The largest absolute Gasteiger partial charge is 0.306 e. The van der Waals surface area contributed by atoms with E-state index >= 15 is 0 Å². The van der Waals surface area contributed by atoms with Gasteiger partial charge in [-0.1, -0.05) is 28.1 Å². The van der Waals surface area contributed by atoms with Gasteiger partial charge in [-0.3, -0.25) is 4.68 Å². The smallest absolute Gasteiger partial charge is 0.0762 e. The summed E-state index contributed by atoms with van der Waals surface area (Å²) in [6.07, 6.45) is 2.03. The highest BCUT2D eigenvalue weighted by Gasteiger charge is 2.09. The Balaban J connectivity index is 1.95. The van der Waals surface area contributed by atoms with Gasteiger partial charge in [-0.05, 0) is 44.5 Å². The first-order chi connectivity index (χ1) is 8.92. The number of nitrogens with zero attached hydrogens (tertiary/aromatic N) is 2. The zero-order valence-corrected chi connectivity index (χ0v) is 13.2. The fourth-order valence-corrected chi connectivity index (χ4v) is 1.98. The molecule has 0 fully saturated rings. The van der Waals surface area contributed by atoms with Gasteiger partial charge in [0.25, 0.3) is 0 Å². The molecule has 0 spiro atoms. The van der Waals surface area contributed by atoms with E-state index < -0.39 is 0 Å². The number of nitrogens with one attached hydrogen (secondary N) is 1. The summed E-state index contributed by atoms with van der Waals surface area (Å²) < 4.78 is 3.08. The summed E-state index contributed by atoms with van der Waals surface area (Å²) in [5.41, 5.74) is 2.45. The van der Waals surface area contributed by atoms with Crippen LogP contribution in [-0.4, -0.2) is 15.3 Å². The molecule has 0 aliphatic heterocycles. The molecule has 0 saturated heterocycles. The van der Waals surface area contributed by atoms with Crippen LogP contribution in [0.5, 0.6) is 0 Å². The van der Waals surface area contributed by atoms with Gasteiger partial charge in [-0.25, -0.2) is 0 Å². The Hall–Kier alpha value is -1.13. The van der Waals surface area contributed by atoms with Crippen molar-refractivity contribution in [3.05, 3.63) is 52.3 Å². The van der Waals surface area contributed by atoms with Crippen molar-refractivity contribution in [1.82, 2.24) is 15.1 Å². The van der Waals surface area contributed by atoms with Gasteiger partial charge in [0.15, 0.2) is 0 Å². The first-order valence-electron chi connectivity index (χ1n) is 6.44. The van der Waals surface area contributed by atoms with Gasteiger partial charge in [0.2, 0.25) is 0 Å². The topological polar surface area (TPSA) is 29.9 Å². The Morgan fingerprint density at radius 1 is 1.16 bits per heavy atom. The minimum atomic E-state index is 0.121. The van der Waals surface area contributed by atoms with Crippen molar-refractivity contribution in [2.24, 2.45) is 0 Å². The van der Waals surface area contributed by atoms with Gasteiger partial charge in [0, 0.05) is 22.8 Å². The van der Waals surface area contributed by atoms with Crippen molar-refractivity contribution in [1.29, 1.82) is 0 Å². The lowest BCUT2D eigenvalue weighted by Crippen LogP contribution is -2.35. The molecule has 0 bridgehead atoms. The van der Waals surface area contributed by atoms with Gasteiger partial charge in [0.1, 0.15) is 0 Å². The molecule has 1 N–H and O–H groups in total. The standard InChI is InChI=1S/C15H20BrN3/c1-15(2,3)17-10-14-8-9-19(18-14)11-12-4-6-13(16)7-5-12/h4-9,17H,10-11H2,1-3H3. The van der Waals surface area contributed by atoms with E-state index in [0.29, 0.717) is 0 Å². The normalized spacial score (nSPS) is 11.8. The molecular weight excluding hydrogens is 302 g/mol. The Morgan fingerprint density at radius 2 is 1.84 bits per heavy atom. The van der Waals surface area contributed by atoms with Crippen LogP contribution in [0.1, 0.15) is 32.0 Å². The highest BCUT2D eigenvalue weighted by Crippen LogP contribution is 2.11. The van der Waals surface area contributed by atoms with E-state index in [-0.39, 0.29) is 5.54 Å². The fraction of sp³-hybridized carbons (Fsp3) is 0.400. The summed E-state index contributed by atoms with van der Waals surface area (Å²) in [7, 11) is 0. The number of aromatic nitrogens is 2. The first-order valence-corrected chi connectivity index (χ1v) is 7.23. The average molecular weight is 322 g/mol. The number of halogens is 1. The van der Waals surface area contributed by atoms with Crippen LogP contribution in [0.15, 0.2) is 41.0 Å². The third kappa shape index (κ3) is 4.80. The van der Waals surface area contributed by atoms with Crippen molar-refractivity contribution < 1.29 is 0 Å². The van der Waals surface area contributed by atoms with Crippen LogP contribution < -0.4 is 5.32 Å². The van der Waals surface area contributed by atoms with E-state index in [0.717, 1.165) is 23.3 Å². The summed E-state index contributed by atoms with van der Waals surface area (Å²) in [5.74, 6) is 0. The van der Waals surface area contributed by atoms with Gasteiger partial charge in [-0.15, -0.1) is 0 Å². The van der Waals surface area contributed by atoms with Crippen molar-refractivity contribution in [2.45, 2.75) is 39.4 Å². The number of benzene rings is 1. The van der Waals surface area contributed by atoms with Crippen LogP contribution in [0.3, 0.4) is 0 Å². The molecule has 102 valence electrons. The molecule has 19 heavy (non-hydrogen) atoms. The van der Waals surface area contributed by atoms with E-state index in [1.54, 1.807) is 0 Å². The Bertz CT molecular complexity index is 523. The van der Waals surface area contributed by atoms with E-state index in [9.17, 15) is 0 Å². The Morgan fingerprint density at radius 3 is 2.47 bits per heavy atom. The molecule has 4 heteroatoms. The number of hydrogen-bond acceptors (Lipinski definition) is 2. The van der Waals surface area contributed by atoms with Crippen molar-refractivity contribution in [2.75, 3.05) is 0 Å². The lowest BCUT2D eigenvalue weighted by molar-refractivity contribution is 0.419. The molecule has 0 aliphatic rings. The van der Waals surface area contributed by atoms with E-state index in [2.05, 4.69) is 77.4 Å². The highest BCUT2D eigenvalue weighted by molar-refractivity contribution is 9.10. The zero-order chi connectivity index (χ0) is 13.9. The predicted molar refractivity (Wildman–Crippen MR) is 82.1 cm³/mol. The second-order valence-corrected chi connectivity index (χ2v) is 6.65. The van der Waals surface area contributed by atoms with Crippen LogP contribution in [0.4, 0.5) is 0 Å². The zero-order valence-electron chi connectivity index (χ0n) is 11.7. The predicted octanol–water partition coefficient (Wildman–Crippen LogP) is 3.58. The van der Waals surface area contributed by atoms with Gasteiger partial charge in [0.05, 0.1) is 12.2 Å². The van der Waals surface area contributed by atoms with Gasteiger partial charge >= 0.3 is 0 Å². The molecule has 3 nitrogen and oxygen atoms in total. The molecule has 1 aromatic carbocycles. The van der Waals surface area contributed by atoms with Crippen LogP contribution in [0.25, 0.3) is 0 Å². The molecule has 0 saturated carbocycles. The maximum atomic E-state index is 4.57. The molecule has 0 radical (unpaired) electrons. The number of hydrogen-bond donors (Lipinski definition) is 1. The number of rotatable bonds is 4. The van der Waals surface area contributed by atoms with Gasteiger partial charge in [-0.2, -0.15) is 5.10 Å². The Kier molecular flexibility index (Phi) is 4.42. The average Bonchev–Trinajstić information content (AvgIpc) is 2.77. The summed E-state index contributed by atoms with van der Waals surface area (Å²) in [4.78, 5) is 0. The van der Waals surface area contributed by atoms with Crippen LogP contribution in [-0.2, 0) is 13.1 Å².